The van der Waals surface area contributed by atoms with E-state index in [-0.39, 0.29) is 28.5 Å². The Balaban J connectivity index is 1.43. The van der Waals surface area contributed by atoms with Crippen LogP contribution in [-0.2, 0) is 27.7 Å². The number of nitrogens with zero attached hydrogens (tertiary/aromatic N) is 2. The minimum Gasteiger partial charge on any atom is -0.339 e. The third kappa shape index (κ3) is 5.10. The molecule has 1 aliphatic heterocycles. The first-order valence-electron chi connectivity index (χ1n) is 12.3. The molecule has 0 aromatic heterocycles. The van der Waals surface area contributed by atoms with Crippen molar-refractivity contribution in [1.82, 2.24) is 9.21 Å². The second-order valence-corrected chi connectivity index (χ2v) is 11.4. The summed E-state index contributed by atoms with van der Waals surface area (Å²) in [4.78, 5) is 27.5. The van der Waals surface area contributed by atoms with Crippen molar-refractivity contribution in [1.29, 1.82) is 0 Å². The predicted molar refractivity (Wildman–Crippen MR) is 132 cm³/mol. The zero-order valence-corrected chi connectivity index (χ0v) is 20.9. The molecule has 2 aliphatic rings. The standard InChI is InChI=1S/C27H34N2O4S/c1-3-15-29(25-12-11-21-7-4-5-8-24(21)18-25)27(31)22-13-16-28(17-14-22)34(32,33)26-10-6-9-23(19-26)20(2)30/h4-10,19,22,25H,3,11-18H2,1-2H3. The average Bonchev–Trinajstić information content (AvgIpc) is 2.86. The number of piperidine rings is 1. The van der Waals surface area contributed by atoms with E-state index in [2.05, 4.69) is 36.1 Å². The van der Waals surface area contributed by atoms with Crippen LogP contribution in [0.4, 0.5) is 0 Å². The molecule has 1 heterocycles. The number of Topliss-reactive ketones (excluding diaryl/α,β-unsaturated/α-hetero) is 1. The van der Waals surface area contributed by atoms with Gasteiger partial charge in [-0.05, 0) is 68.7 Å². The average molecular weight is 483 g/mol. The van der Waals surface area contributed by atoms with Gasteiger partial charge in [0, 0.05) is 37.2 Å². The van der Waals surface area contributed by atoms with E-state index in [4.69, 9.17) is 0 Å². The fraction of sp³-hybridized carbons (Fsp3) is 0.481. The normalized spacial score (nSPS) is 19.4. The molecule has 7 heteroatoms. The Bertz CT molecular complexity index is 1150. The van der Waals surface area contributed by atoms with Crippen LogP contribution in [0.15, 0.2) is 53.4 Å². The van der Waals surface area contributed by atoms with Crippen molar-refractivity contribution < 1.29 is 18.0 Å². The molecule has 0 N–H and O–H groups in total. The molecule has 4 rings (SSSR count). The monoisotopic (exact) mass is 482 g/mol. The summed E-state index contributed by atoms with van der Waals surface area (Å²) >= 11 is 0. The Hall–Kier alpha value is -2.51. The maximum Gasteiger partial charge on any atom is 0.243 e. The minimum atomic E-state index is -3.70. The van der Waals surface area contributed by atoms with Crippen molar-refractivity contribution in [3.63, 3.8) is 0 Å². The lowest BCUT2D eigenvalue weighted by Crippen LogP contribution is -2.49. The maximum atomic E-state index is 13.6. The number of carbonyl (C=O) groups excluding carboxylic acids is 2. The summed E-state index contributed by atoms with van der Waals surface area (Å²) in [5.74, 6) is -0.150. The number of sulfonamides is 1. The molecule has 1 amide bonds. The maximum absolute atomic E-state index is 13.6. The molecule has 6 nitrogen and oxygen atoms in total. The predicted octanol–water partition coefficient (Wildman–Crippen LogP) is 4.09. The number of carbonyl (C=O) groups is 2. The fourth-order valence-electron chi connectivity index (χ4n) is 5.26. The number of fused-ring (bicyclic) bond motifs is 1. The quantitative estimate of drug-likeness (QED) is 0.557. The van der Waals surface area contributed by atoms with Gasteiger partial charge in [0.1, 0.15) is 0 Å². The summed E-state index contributed by atoms with van der Waals surface area (Å²) in [7, 11) is -3.70. The topological polar surface area (TPSA) is 74.8 Å². The highest BCUT2D eigenvalue weighted by Crippen LogP contribution is 2.29. The highest BCUT2D eigenvalue weighted by Gasteiger charge is 2.36. The van der Waals surface area contributed by atoms with Gasteiger partial charge in [0.2, 0.25) is 15.9 Å². The molecule has 1 aliphatic carbocycles. The van der Waals surface area contributed by atoms with Crippen molar-refractivity contribution >= 4 is 21.7 Å². The van der Waals surface area contributed by atoms with Gasteiger partial charge in [0.15, 0.2) is 5.78 Å². The lowest BCUT2D eigenvalue weighted by molar-refractivity contribution is -0.139. The molecular weight excluding hydrogens is 448 g/mol. The molecule has 0 spiro atoms. The number of benzene rings is 2. The molecule has 1 unspecified atom stereocenters. The molecule has 0 saturated carbocycles. The van der Waals surface area contributed by atoms with Crippen molar-refractivity contribution in [2.75, 3.05) is 19.6 Å². The van der Waals surface area contributed by atoms with Gasteiger partial charge in [-0.15, -0.1) is 0 Å². The number of aryl methyl sites for hydroxylation is 1. The number of ketones is 1. The van der Waals surface area contributed by atoms with Crippen LogP contribution in [0.3, 0.4) is 0 Å². The van der Waals surface area contributed by atoms with Gasteiger partial charge in [-0.3, -0.25) is 9.59 Å². The van der Waals surface area contributed by atoms with E-state index in [0.29, 0.717) is 31.5 Å². The number of hydrogen-bond donors (Lipinski definition) is 0. The first-order valence-corrected chi connectivity index (χ1v) is 13.7. The highest BCUT2D eigenvalue weighted by molar-refractivity contribution is 7.89. The molecule has 0 bridgehead atoms. The zero-order valence-electron chi connectivity index (χ0n) is 20.1. The van der Waals surface area contributed by atoms with Gasteiger partial charge in [-0.1, -0.05) is 43.3 Å². The highest BCUT2D eigenvalue weighted by atomic mass is 32.2. The van der Waals surface area contributed by atoms with Crippen LogP contribution in [0.1, 0.15) is 61.0 Å². The van der Waals surface area contributed by atoms with E-state index in [1.54, 1.807) is 12.1 Å². The summed E-state index contributed by atoms with van der Waals surface area (Å²) in [5.41, 5.74) is 3.10. The Morgan fingerprint density at radius 2 is 1.71 bits per heavy atom. The second-order valence-electron chi connectivity index (χ2n) is 9.46. The zero-order chi connectivity index (χ0) is 24.3. The molecular formula is C27H34N2O4S. The summed E-state index contributed by atoms with van der Waals surface area (Å²) in [6.07, 6.45) is 4.81. The van der Waals surface area contributed by atoms with Gasteiger partial charge in [-0.2, -0.15) is 4.31 Å². The number of amides is 1. The smallest absolute Gasteiger partial charge is 0.243 e. The molecule has 2 aromatic rings. The summed E-state index contributed by atoms with van der Waals surface area (Å²) < 4.78 is 27.8. The van der Waals surface area contributed by atoms with Crippen LogP contribution in [0.25, 0.3) is 0 Å². The summed E-state index contributed by atoms with van der Waals surface area (Å²) in [6, 6.07) is 14.9. The minimum absolute atomic E-state index is 0.137. The summed E-state index contributed by atoms with van der Waals surface area (Å²) in [5, 5.41) is 0. The Labute approximate surface area is 203 Å². The van der Waals surface area contributed by atoms with Crippen LogP contribution in [0.5, 0.6) is 0 Å². The van der Waals surface area contributed by atoms with E-state index in [9.17, 15) is 18.0 Å². The molecule has 182 valence electrons. The van der Waals surface area contributed by atoms with Crippen molar-refractivity contribution in [3.05, 3.63) is 65.2 Å². The van der Waals surface area contributed by atoms with Crippen molar-refractivity contribution in [2.24, 2.45) is 5.92 Å². The van der Waals surface area contributed by atoms with E-state index < -0.39 is 10.0 Å². The molecule has 34 heavy (non-hydrogen) atoms. The Morgan fingerprint density at radius 3 is 2.38 bits per heavy atom. The van der Waals surface area contributed by atoms with E-state index in [1.807, 2.05) is 0 Å². The van der Waals surface area contributed by atoms with E-state index in [0.717, 1.165) is 32.2 Å². The lowest BCUT2D eigenvalue weighted by Gasteiger charge is -2.39. The van der Waals surface area contributed by atoms with Gasteiger partial charge in [-0.25, -0.2) is 8.42 Å². The largest absolute Gasteiger partial charge is 0.339 e. The Kier molecular flexibility index (Phi) is 7.53. The third-order valence-corrected chi connectivity index (χ3v) is 9.09. The fourth-order valence-corrected chi connectivity index (χ4v) is 6.78. The molecule has 1 fully saturated rings. The molecule has 1 saturated heterocycles. The van der Waals surface area contributed by atoms with E-state index >= 15 is 0 Å². The summed E-state index contributed by atoms with van der Waals surface area (Å²) in [6.45, 7) is 4.90. The molecule has 0 radical (unpaired) electrons. The van der Waals surface area contributed by atoms with Gasteiger partial charge < -0.3 is 4.90 Å². The SMILES string of the molecule is CCCN(C(=O)C1CCN(S(=O)(=O)c2cccc(C(C)=O)c2)CC1)C1CCc2ccccc2C1. The van der Waals surface area contributed by atoms with Crippen molar-refractivity contribution in [2.45, 2.75) is 63.3 Å². The Morgan fingerprint density at radius 1 is 1.00 bits per heavy atom. The van der Waals surface area contributed by atoms with Crippen LogP contribution in [-0.4, -0.2) is 55.0 Å². The van der Waals surface area contributed by atoms with Crippen molar-refractivity contribution in [3.8, 4) is 0 Å². The van der Waals surface area contributed by atoms with Gasteiger partial charge in [0.05, 0.1) is 4.90 Å². The van der Waals surface area contributed by atoms with Gasteiger partial charge in [0.25, 0.3) is 0 Å². The van der Waals surface area contributed by atoms with E-state index in [1.165, 1.54) is 34.5 Å². The molecule has 2 aromatic carbocycles. The van der Waals surface area contributed by atoms with Crippen LogP contribution in [0, 0.1) is 5.92 Å². The molecule has 1 atom stereocenters. The first-order chi connectivity index (χ1) is 16.3. The van der Waals surface area contributed by atoms with Crippen LogP contribution in [0.2, 0.25) is 0 Å². The van der Waals surface area contributed by atoms with Crippen LogP contribution < -0.4 is 0 Å². The van der Waals surface area contributed by atoms with Gasteiger partial charge >= 0.3 is 0 Å². The third-order valence-electron chi connectivity index (χ3n) is 7.19. The first kappa shape index (κ1) is 24.6. The lowest BCUT2D eigenvalue weighted by atomic mass is 9.86. The number of rotatable bonds is 7. The van der Waals surface area contributed by atoms with Crippen LogP contribution >= 0.6 is 0 Å². The number of hydrogen-bond acceptors (Lipinski definition) is 4. The second kappa shape index (κ2) is 10.4.